The van der Waals surface area contributed by atoms with Crippen LogP contribution in [0.5, 0.6) is 0 Å². The van der Waals surface area contributed by atoms with Gasteiger partial charge in [0.15, 0.2) is 5.84 Å². The summed E-state index contributed by atoms with van der Waals surface area (Å²) in [5, 5.41) is 12.9. The predicted molar refractivity (Wildman–Crippen MR) is 86.6 cm³/mol. The van der Waals surface area contributed by atoms with Gasteiger partial charge < -0.3 is 10.4 Å². The van der Waals surface area contributed by atoms with E-state index in [0.717, 1.165) is 11.8 Å². The number of pyridine rings is 1. The van der Waals surface area contributed by atoms with Crippen LogP contribution in [0.1, 0.15) is 36.3 Å². The molecule has 118 valence electrons. The predicted octanol–water partition coefficient (Wildman–Crippen LogP) is 2.22. The van der Waals surface area contributed by atoms with E-state index in [0.29, 0.717) is 5.52 Å². The molecule has 2 aromatic rings. The molecule has 0 bridgehead atoms. The Labute approximate surface area is 133 Å². The highest BCUT2D eigenvalue weighted by atomic mass is 16.4. The third-order valence-electron chi connectivity index (χ3n) is 4.14. The molecule has 3 rings (SSSR count). The molecule has 1 aromatic heterocycles. The summed E-state index contributed by atoms with van der Waals surface area (Å²) in [6.07, 6.45) is 0.811. The van der Waals surface area contributed by atoms with Crippen LogP contribution in [-0.2, 0) is 4.79 Å². The first kappa shape index (κ1) is 15.1. The number of carboxylic acid groups (broad SMARTS) is 1. The van der Waals surface area contributed by atoms with Gasteiger partial charge in [-0.2, -0.15) is 0 Å². The molecule has 1 aliphatic rings. The molecule has 6 heteroatoms. The number of amidine groups is 1. The van der Waals surface area contributed by atoms with E-state index in [2.05, 4.69) is 15.3 Å². The minimum absolute atomic E-state index is 0.0348. The topological polar surface area (TPSA) is 91.7 Å². The van der Waals surface area contributed by atoms with E-state index in [-0.39, 0.29) is 28.9 Å². The van der Waals surface area contributed by atoms with E-state index in [1.54, 1.807) is 18.2 Å². The maximum Gasteiger partial charge on any atom is 0.338 e. The van der Waals surface area contributed by atoms with Gasteiger partial charge in [0.05, 0.1) is 11.1 Å². The molecular weight excluding hydrogens is 294 g/mol. The van der Waals surface area contributed by atoms with Gasteiger partial charge >= 0.3 is 5.97 Å². The monoisotopic (exact) mass is 311 g/mol. The molecule has 6 nitrogen and oxygen atoms in total. The second kappa shape index (κ2) is 5.79. The van der Waals surface area contributed by atoms with E-state index in [4.69, 9.17) is 0 Å². The minimum atomic E-state index is -1.10. The van der Waals surface area contributed by atoms with E-state index in [1.165, 1.54) is 0 Å². The Morgan fingerprint density at radius 2 is 2.13 bits per heavy atom. The number of rotatable bonds is 4. The average Bonchev–Trinajstić information content (AvgIpc) is 2.94. The third-order valence-corrected chi connectivity index (χ3v) is 4.14. The number of benzene rings is 1. The van der Waals surface area contributed by atoms with E-state index in [1.807, 2.05) is 26.0 Å². The summed E-state index contributed by atoms with van der Waals surface area (Å²) in [5.74, 6) is -0.979. The number of nitrogens with zero attached hydrogens (tertiary/aromatic N) is 2. The Morgan fingerprint density at radius 1 is 1.39 bits per heavy atom. The van der Waals surface area contributed by atoms with Crippen molar-refractivity contribution in [1.82, 2.24) is 10.3 Å². The number of carbonyl (C=O) groups excluding carboxylic acids is 1. The Hall–Kier alpha value is -2.76. The molecule has 0 spiro atoms. The fraction of sp³-hybridized carbons (Fsp3) is 0.294. The molecule has 1 aromatic carbocycles. The van der Waals surface area contributed by atoms with Crippen molar-refractivity contribution in [3.05, 3.63) is 41.6 Å². The SMILES string of the molecule is CCC(C)C1N=C(c2nc3ccccc3cc2C(=O)O)NC1=O. The van der Waals surface area contributed by atoms with Gasteiger partial charge in [-0.05, 0) is 18.1 Å². The van der Waals surface area contributed by atoms with Gasteiger partial charge in [0.2, 0.25) is 0 Å². The van der Waals surface area contributed by atoms with Gasteiger partial charge in [-0.25, -0.2) is 9.78 Å². The Balaban J connectivity index is 2.13. The lowest BCUT2D eigenvalue weighted by Gasteiger charge is -2.10. The van der Waals surface area contributed by atoms with Crippen molar-refractivity contribution in [2.24, 2.45) is 10.9 Å². The van der Waals surface area contributed by atoms with Gasteiger partial charge in [0.1, 0.15) is 11.7 Å². The second-order valence-corrected chi connectivity index (χ2v) is 5.68. The van der Waals surface area contributed by atoms with Crippen molar-refractivity contribution < 1.29 is 14.7 Å². The van der Waals surface area contributed by atoms with E-state index in [9.17, 15) is 14.7 Å². The molecule has 0 saturated heterocycles. The maximum absolute atomic E-state index is 12.1. The van der Waals surface area contributed by atoms with Gasteiger partial charge in [0.25, 0.3) is 5.91 Å². The lowest BCUT2D eigenvalue weighted by atomic mass is 10.00. The Kier molecular flexibility index (Phi) is 3.82. The molecule has 0 saturated carbocycles. The van der Waals surface area contributed by atoms with Crippen LogP contribution in [0.15, 0.2) is 35.3 Å². The molecule has 2 atom stereocenters. The summed E-state index contributed by atoms with van der Waals surface area (Å²) < 4.78 is 0. The Morgan fingerprint density at radius 3 is 2.83 bits per heavy atom. The minimum Gasteiger partial charge on any atom is -0.478 e. The lowest BCUT2D eigenvalue weighted by molar-refractivity contribution is -0.121. The normalized spacial score (nSPS) is 18.6. The van der Waals surface area contributed by atoms with Gasteiger partial charge in [-0.3, -0.25) is 9.79 Å². The van der Waals surface area contributed by atoms with E-state index < -0.39 is 12.0 Å². The molecule has 1 amide bonds. The summed E-state index contributed by atoms with van der Waals surface area (Å²) in [6, 6.07) is 8.32. The summed E-state index contributed by atoms with van der Waals surface area (Å²) in [5.41, 5.74) is 0.902. The number of amides is 1. The molecule has 23 heavy (non-hydrogen) atoms. The zero-order valence-corrected chi connectivity index (χ0v) is 12.9. The molecule has 0 radical (unpaired) electrons. The number of carbonyl (C=O) groups is 2. The fourth-order valence-electron chi connectivity index (χ4n) is 2.61. The van der Waals surface area contributed by atoms with Gasteiger partial charge in [-0.1, -0.05) is 38.5 Å². The lowest BCUT2D eigenvalue weighted by Crippen LogP contribution is -2.33. The largest absolute Gasteiger partial charge is 0.478 e. The number of hydrogen-bond donors (Lipinski definition) is 2. The average molecular weight is 311 g/mol. The number of aromatic nitrogens is 1. The van der Waals surface area contributed by atoms with Crippen LogP contribution in [0.25, 0.3) is 10.9 Å². The first-order valence-corrected chi connectivity index (χ1v) is 7.53. The number of fused-ring (bicyclic) bond motifs is 1. The number of nitrogens with one attached hydrogen (secondary N) is 1. The van der Waals surface area contributed by atoms with Crippen LogP contribution in [0.4, 0.5) is 0 Å². The fourth-order valence-corrected chi connectivity index (χ4v) is 2.61. The molecule has 1 aliphatic heterocycles. The Bertz CT molecular complexity index is 829. The standard InChI is InChI=1S/C17H17N3O3/c1-3-9(2)13-16(21)20-15(19-13)14-11(17(22)23)8-10-6-4-5-7-12(10)18-14/h4-9,13H,3H2,1-2H3,(H,22,23)(H,19,20,21). The summed E-state index contributed by atoms with van der Waals surface area (Å²) in [6.45, 7) is 3.94. The molecule has 2 unspecified atom stereocenters. The van der Waals surface area contributed by atoms with Crippen molar-refractivity contribution >= 4 is 28.6 Å². The second-order valence-electron chi connectivity index (χ2n) is 5.68. The summed E-state index contributed by atoms with van der Waals surface area (Å²) in [7, 11) is 0. The van der Waals surface area contributed by atoms with Crippen LogP contribution in [-0.4, -0.2) is 33.8 Å². The van der Waals surface area contributed by atoms with Crippen molar-refractivity contribution in [2.45, 2.75) is 26.3 Å². The van der Waals surface area contributed by atoms with Crippen LogP contribution < -0.4 is 5.32 Å². The number of carboxylic acids is 1. The molecule has 2 N–H and O–H groups in total. The van der Waals surface area contributed by atoms with E-state index >= 15 is 0 Å². The highest BCUT2D eigenvalue weighted by Crippen LogP contribution is 2.21. The van der Waals surface area contributed by atoms with Crippen molar-refractivity contribution in [3.8, 4) is 0 Å². The summed E-state index contributed by atoms with van der Waals surface area (Å²) in [4.78, 5) is 32.5. The zero-order valence-electron chi connectivity index (χ0n) is 12.9. The van der Waals surface area contributed by atoms with Crippen molar-refractivity contribution in [1.29, 1.82) is 0 Å². The number of aliphatic imine (C=N–C) groups is 1. The highest BCUT2D eigenvalue weighted by molar-refractivity contribution is 6.17. The maximum atomic E-state index is 12.1. The number of hydrogen-bond acceptors (Lipinski definition) is 4. The van der Waals surface area contributed by atoms with Crippen LogP contribution in [0, 0.1) is 5.92 Å². The molecule has 0 fully saturated rings. The first-order valence-electron chi connectivity index (χ1n) is 7.53. The molecule has 2 heterocycles. The number of aromatic carboxylic acids is 1. The molecular formula is C17H17N3O3. The van der Waals surface area contributed by atoms with Crippen molar-refractivity contribution in [2.75, 3.05) is 0 Å². The summed E-state index contributed by atoms with van der Waals surface area (Å²) >= 11 is 0. The first-order chi connectivity index (χ1) is 11.0. The highest BCUT2D eigenvalue weighted by Gasteiger charge is 2.33. The van der Waals surface area contributed by atoms with Crippen LogP contribution in [0.2, 0.25) is 0 Å². The van der Waals surface area contributed by atoms with Crippen LogP contribution >= 0.6 is 0 Å². The van der Waals surface area contributed by atoms with Gasteiger partial charge in [0, 0.05) is 5.39 Å². The third kappa shape index (κ3) is 2.67. The quantitative estimate of drug-likeness (QED) is 0.905. The van der Waals surface area contributed by atoms with Crippen LogP contribution in [0.3, 0.4) is 0 Å². The smallest absolute Gasteiger partial charge is 0.338 e. The molecule has 0 aliphatic carbocycles. The van der Waals surface area contributed by atoms with Gasteiger partial charge in [-0.15, -0.1) is 0 Å². The zero-order chi connectivity index (χ0) is 16.6. The van der Waals surface area contributed by atoms with Crippen molar-refractivity contribution in [3.63, 3.8) is 0 Å². The number of para-hydroxylation sites is 1.